The van der Waals surface area contributed by atoms with Gasteiger partial charge in [-0.15, -0.1) is 0 Å². The fraction of sp³-hybridized carbons (Fsp3) is 0.394. The van der Waals surface area contributed by atoms with E-state index in [1.54, 1.807) is 5.56 Å². The van der Waals surface area contributed by atoms with Gasteiger partial charge in [-0.2, -0.15) is 0 Å². The third kappa shape index (κ3) is 4.54. The van der Waals surface area contributed by atoms with Crippen LogP contribution in [0.25, 0.3) is 11.8 Å². The van der Waals surface area contributed by atoms with Crippen molar-refractivity contribution in [3.05, 3.63) is 86.0 Å². The van der Waals surface area contributed by atoms with Crippen LogP contribution in [-0.4, -0.2) is 15.6 Å². The monoisotopic (exact) mass is 599 g/mol. The largest absolute Gasteiger partial charge is 0.318 e. The van der Waals surface area contributed by atoms with Crippen molar-refractivity contribution in [2.24, 2.45) is 22.7 Å². The first kappa shape index (κ1) is 25.4. The Kier molecular flexibility index (Phi) is 6.20. The minimum absolute atomic E-state index is 0.0988. The number of amidine groups is 1. The van der Waals surface area contributed by atoms with Crippen LogP contribution in [0.4, 0.5) is 5.69 Å². The lowest BCUT2D eigenvalue weighted by Gasteiger charge is -2.57. The molecule has 2 aromatic carbocycles. The number of amides is 1. The lowest BCUT2D eigenvalue weighted by Crippen LogP contribution is -2.48. The van der Waals surface area contributed by atoms with E-state index in [4.69, 9.17) is 4.99 Å². The number of carbonyl (C=O) groups is 1. The Labute approximate surface area is 243 Å². The lowest BCUT2D eigenvalue weighted by molar-refractivity contribution is -0.115. The van der Waals surface area contributed by atoms with Crippen LogP contribution >= 0.6 is 27.7 Å². The Morgan fingerprint density at radius 3 is 2.28 bits per heavy atom. The van der Waals surface area contributed by atoms with Gasteiger partial charge in [0.2, 0.25) is 0 Å². The number of rotatable bonds is 4. The van der Waals surface area contributed by atoms with E-state index >= 15 is 0 Å². The van der Waals surface area contributed by atoms with Crippen molar-refractivity contribution in [2.75, 3.05) is 0 Å². The summed E-state index contributed by atoms with van der Waals surface area (Å²) in [7, 11) is 0. The smallest absolute Gasteiger partial charge is 0.264 e. The predicted molar refractivity (Wildman–Crippen MR) is 165 cm³/mol. The number of thioether (sulfide) groups is 1. The van der Waals surface area contributed by atoms with E-state index < -0.39 is 0 Å². The molecule has 4 saturated carbocycles. The molecule has 0 atom stereocenters. The van der Waals surface area contributed by atoms with E-state index in [2.05, 4.69) is 70.0 Å². The van der Waals surface area contributed by atoms with Gasteiger partial charge in [-0.25, -0.2) is 4.99 Å². The van der Waals surface area contributed by atoms with Gasteiger partial charge in [-0.1, -0.05) is 28.1 Å². The van der Waals surface area contributed by atoms with Crippen molar-refractivity contribution in [3.63, 3.8) is 0 Å². The van der Waals surface area contributed by atoms with Gasteiger partial charge in [0.05, 0.1) is 10.6 Å². The summed E-state index contributed by atoms with van der Waals surface area (Å²) >= 11 is 4.90. The Balaban J connectivity index is 1.14. The van der Waals surface area contributed by atoms with Crippen molar-refractivity contribution in [1.82, 2.24) is 9.88 Å². The molecule has 2 heterocycles. The molecule has 5 aliphatic rings. The summed E-state index contributed by atoms with van der Waals surface area (Å²) in [6.07, 6.45) is 10.6. The summed E-state index contributed by atoms with van der Waals surface area (Å²) in [4.78, 5) is 18.2. The van der Waals surface area contributed by atoms with E-state index in [0.29, 0.717) is 15.5 Å². The minimum atomic E-state index is -0.0988. The number of carbonyl (C=O) groups excluding carboxylic acids is 1. The summed E-state index contributed by atoms with van der Waals surface area (Å²) in [6, 6.07) is 17.6. The number of halogens is 1. The van der Waals surface area contributed by atoms with Crippen molar-refractivity contribution in [2.45, 2.75) is 64.7 Å². The quantitative estimate of drug-likeness (QED) is 0.305. The summed E-state index contributed by atoms with van der Waals surface area (Å²) < 4.78 is 3.33. The van der Waals surface area contributed by atoms with Crippen molar-refractivity contribution >= 4 is 50.5 Å². The van der Waals surface area contributed by atoms with Crippen LogP contribution in [0.5, 0.6) is 0 Å². The summed E-state index contributed by atoms with van der Waals surface area (Å²) in [5.41, 5.74) is 8.47. The average Bonchev–Trinajstić information content (AvgIpc) is 3.37. The number of benzene rings is 2. The van der Waals surface area contributed by atoms with Gasteiger partial charge in [0.15, 0.2) is 5.17 Å². The number of hydrogen-bond acceptors (Lipinski definition) is 3. The van der Waals surface area contributed by atoms with Crippen molar-refractivity contribution in [1.29, 1.82) is 0 Å². The first-order valence-electron chi connectivity index (χ1n) is 14.1. The number of nitrogens with one attached hydrogen (secondary N) is 1. The van der Waals surface area contributed by atoms with Gasteiger partial charge in [0, 0.05) is 21.5 Å². The highest BCUT2D eigenvalue weighted by Gasteiger charge is 2.51. The lowest BCUT2D eigenvalue weighted by atomic mass is 9.48. The van der Waals surface area contributed by atoms with Gasteiger partial charge in [-0.3, -0.25) is 4.79 Å². The topological polar surface area (TPSA) is 46.4 Å². The van der Waals surface area contributed by atoms with Gasteiger partial charge >= 0.3 is 0 Å². The SMILES string of the molecule is Cc1cc(Br)ccc1N=C1NC(=O)/C(=C/c2cc(C)n(-c3ccc(C45CC6CC(CC(C6)C4)C5)cc3)c2C)S1. The van der Waals surface area contributed by atoms with Crippen LogP contribution in [0.15, 0.2) is 62.9 Å². The molecule has 5 fully saturated rings. The standard InChI is InChI=1S/C33H34BrN3OS/c1-19-10-27(34)6-9-29(19)35-32-36-31(38)30(39-32)15-25-11-20(2)37(21(25)3)28-7-4-26(5-8-28)33-16-22-12-23(17-33)14-24(13-22)18-33/h4-11,15,22-24H,12-14,16-18H2,1-3H3,(H,35,36,38)/b30-15-. The molecule has 4 aliphatic carbocycles. The molecule has 1 N–H and O–H groups in total. The predicted octanol–water partition coefficient (Wildman–Crippen LogP) is 8.52. The second-order valence-electron chi connectivity index (χ2n) is 12.3. The molecule has 39 heavy (non-hydrogen) atoms. The number of aliphatic imine (C=N–C) groups is 1. The molecule has 4 bridgehead atoms. The number of hydrogen-bond donors (Lipinski definition) is 1. The molecule has 0 spiro atoms. The molecule has 8 rings (SSSR count). The van der Waals surface area contributed by atoms with Crippen molar-refractivity contribution in [3.8, 4) is 5.69 Å². The number of aromatic nitrogens is 1. The molecular weight excluding hydrogens is 566 g/mol. The highest BCUT2D eigenvalue weighted by atomic mass is 79.9. The minimum Gasteiger partial charge on any atom is -0.318 e. The molecule has 1 aliphatic heterocycles. The molecule has 3 aromatic rings. The summed E-state index contributed by atoms with van der Waals surface area (Å²) in [5.74, 6) is 2.76. The summed E-state index contributed by atoms with van der Waals surface area (Å²) in [6.45, 7) is 6.31. The van der Waals surface area contributed by atoms with Gasteiger partial charge in [-0.05, 0) is 153 Å². The zero-order chi connectivity index (χ0) is 26.9. The van der Waals surface area contributed by atoms with E-state index in [9.17, 15) is 4.79 Å². The van der Waals surface area contributed by atoms with Crippen LogP contribution in [0.3, 0.4) is 0 Å². The number of aryl methyl sites for hydroxylation is 2. The first-order chi connectivity index (χ1) is 18.8. The Bertz CT molecular complexity index is 1510. The fourth-order valence-electron chi connectivity index (χ4n) is 8.23. The molecule has 0 unspecified atom stereocenters. The molecule has 4 nitrogen and oxygen atoms in total. The third-order valence-electron chi connectivity index (χ3n) is 9.56. The van der Waals surface area contributed by atoms with Crippen LogP contribution in [0.1, 0.15) is 66.6 Å². The highest BCUT2D eigenvalue weighted by molar-refractivity contribution is 9.10. The van der Waals surface area contributed by atoms with Crippen LogP contribution in [-0.2, 0) is 10.2 Å². The Morgan fingerprint density at radius 1 is 0.974 bits per heavy atom. The van der Waals surface area contributed by atoms with E-state index in [1.807, 2.05) is 31.2 Å². The Morgan fingerprint density at radius 2 is 1.64 bits per heavy atom. The molecule has 200 valence electrons. The van der Waals surface area contributed by atoms with Crippen LogP contribution in [0.2, 0.25) is 0 Å². The maximum atomic E-state index is 12.8. The van der Waals surface area contributed by atoms with Gasteiger partial charge in [0.1, 0.15) is 0 Å². The number of nitrogens with zero attached hydrogens (tertiary/aromatic N) is 2. The maximum absolute atomic E-state index is 12.8. The van der Waals surface area contributed by atoms with Crippen molar-refractivity contribution < 1.29 is 4.79 Å². The van der Waals surface area contributed by atoms with Crippen LogP contribution < -0.4 is 5.32 Å². The second kappa shape index (κ2) is 9.52. The third-order valence-corrected chi connectivity index (χ3v) is 11.0. The first-order valence-corrected chi connectivity index (χ1v) is 15.7. The zero-order valence-electron chi connectivity index (χ0n) is 22.8. The molecule has 1 aromatic heterocycles. The van der Waals surface area contributed by atoms with Crippen LogP contribution in [0, 0.1) is 38.5 Å². The molecule has 1 amide bonds. The molecular formula is C33H34BrN3OS. The van der Waals surface area contributed by atoms with E-state index in [1.165, 1.54) is 61.7 Å². The molecule has 6 heteroatoms. The molecule has 1 saturated heterocycles. The maximum Gasteiger partial charge on any atom is 0.264 e. The van der Waals surface area contributed by atoms with E-state index in [-0.39, 0.29) is 5.91 Å². The van der Waals surface area contributed by atoms with Gasteiger partial charge in [0.25, 0.3) is 5.91 Å². The highest BCUT2D eigenvalue weighted by Crippen LogP contribution is 2.60. The summed E-state index contributed by atoms with van der Waals surface area (Å²) in [5, 5.41) is 3.55. The van der Waals surface area contributed by atoms with E-state index in [0.717, 1.165) is 44.7 Å². The van der Waals surface area contributed by atoms with Gasteiger partial charge < -0.3 is 9.88 Å². The second-order valence-corrected chi connectivity index (χ2v) is 14.3. The fourth-order valence-corrected chi connectivity index (χ4v) is 9.54. The Hall–Kier alpha value is -2.57. The average molecular weight is 601 g/mol. The normalized spacial score (nSPS) is 29.5. The zero-order valence-corrected chi connectivity index (χ0v) is 25.2. The molecule has 0 radical (unpaired) electrons.